The van der Waals surface area contributed by atoms with Crippen LogP contribution in [0.15, 0.2) is 4.99 Å². The molecule has 0 radical (unpaired) electrons. The van der Waals surface area contributed by atoms with Crippen molar-refractivity contribution in [2.75, 3.05) is 18.8 Å². The molecule has 2 nitrogen and oxygen atoms in total. The first-order chi connectivity index (χ1) is 5.33. The first kappa shape index (κ1) is 8.91. The Morgan fingerprint density at radius 3 is 3.09 bits per heavy atom. The Kier molecular flexibility index (Phi) is 3.77. The molecule has 1 aliphatic rings. The van der Waals surface area contributed by atoms with Crippen molar-refractivity contribution in [2.45, 2.75) is 20.3 Å². The standard InChI is InChI=1S/C8H16N2S/c1-3-4-9-8-10-5-7(2)6-11-8/h7H,3-6H2,1-2H3,(H,9,10). The van der Waals surface area contributed by atoms with Crippen LogP contribution in [0, 0.1) is 5.92 Å². The normalized spacial score (nSPS) is 24.5. The lowest BCUT2D eigenvalue weighted by Crippen LogP contribution is -2.26. The molecule has 0 bridgehead atoms. The Bertz CT molecular complexity index is 145. The number of thioether (sulfide) groups is 1. The minimum absolute atomic E-state index is 0.757. The van der Waals surface area contributed by atoms with E-state index in [9.17, 15) is 0 Å². The van der Waals surface area contributed by atoms with Gasteiger partial charge in [-0.3, -0.25) is 4.99 Å². The van der Waals surface area contributed by atoms with Gasteiger partial charge in [0.15, 0.2) is 5.17 Å². The molecular formula is C8H16N2S. The molecule has 11 heavy (non-hydrogen) atoms. The molecule has 1 N–H and O–H groups in total. The minimum atomic E-state index is 0.757. The van der Waals surface area contributed by atoms with Gasteiger partial charge in [-0.15, -0.1) is 0 Å². The van der Waals surface area contributed by atoms with Gasteiger partial charge in [0.1, 0.15) is 0 Å². The van der Waals surface area contributed by atoms with Crippen LogP contribution in [-0.2, 0) is 0 Å². The zero-order valence-electron chi connectivity index (χ0n) is 7.26. The highest BCUT2D eigenvalue weighted by atomic mass is 32.2. The molecule has 0 aliphatic carbocycles. The lowest BCUT2D eigenvalue weighted by molar-refractivity contribution is 0.668. The summed E-state index contributed by atoms with van der Waals surface area (Å²) in [4.78, 5) is 4.42. The summed E-state index contributed by atoms with van der Waals surface area (Å²) >= 11 is 1.85. The maximum atomic E-state index is 4.42. The molecule has 0 aromatic heterocycles. The van der Waals surface area contributed by atoms with Crippen LogP contribution < -0.4 is 5.32 Å². The van der Waals surface area contributed by atoms with E-state index in [-0.39, 0.29) is 0 Å². The zero-order valence-corrected chi connectivity index (χ0v) is 8.08. The van der Waals surface area contributed by atoms with E-state index >= 15 is 0 Å². The van der Waals surface area contributed by atoms with E-state index in [0.29, 0.717) is 0 Å². The van der Waals surface area contributed by atoms with Crippen LogP contribution in [0.5, 0.6) is 0 Å². The highest BCUT2D eigenvalue weighted by Gasteiger charge is 2.10. The molecule has 0 fully saturated rings. The van der Waals surface area contributed by atoms with Crippen LogP contribution in [0.4, 0.5) is 0 Å². The van der Waals surface area contributed by atoms with Gasteiger partial charge in [0.25, 0.3) is 0 Å². The quantitative estimate of drug-likeness (QED) is 0.686. The summed E-state index contributed by atoms with van der Waals surface area (Å²) in [6.07, 6.45) is 1.18. The van der Waals surface area contributed by atoms with E-state index in [1.54, 1.807) is 0 Å². The molecule has 0 spiro atoms. The van der Waals surface area contributed by atoms with Crippen LogP contribution in [0.1, 0.15) is 20.3 Å². The highest BCUT2D eigenvalue weighted by molar-refractivity contribution is 8.13. The van der Waals surface area contributed by atoms with Crippen LogP contribution in [0.2, 0.25) is 0 Å². The van der Waals surface area contributed by atoms with Gasteiger partial charge >= 0.3 is 0 Å². The van der Waals surface area contributed by atoms with Gasteiger partial charge in [-0.2, -0.15) is 0 Å². The molecular weight excluding hydrogens is 156 g/mol. The molecule has 1 rings (SSSR count). The predicted molar refractivity (Wildman–Crippen MR) is 52.2 cm³/mol. The maximum absolute atomic E-state index is 4.42. The minimum Gasteiger partial charge on any atom is -0.365 e. The lowest BCUT2D eigenvalue weighted by Gasteiger charge is -2.17. The average molecular weight is 172 g/mol. The summed E-state index contributed by atoms with van der Waals surface area (Å²) in [5.41, 5.74) is 0. The fourth-order valence-corrected chi connectivity index (χ4v) is 1.81. The Hall–Kier alpha value is -0.180. The lowest BCUT2D eigenvalue weighted by atomic mass is 10.2. The zero-order chi connectivity index (χ0) is 8.10. The molecule has 0 saturated carbocycles. The Morgan fingerprint density at radius 2 is 2.55 bits per heavy atom. The number of amidine groups is 1. The van der Waals surface area contributed by atoms with Gasteiger partial charge in [0, 0.05) is 18.8 Å². The molecule has 0 saturated heterocycles. The van der Waals surface area contributed by atoms with Crippen molar-refractivity contribution < 1.29 is 0 Å². The Balaban J connectivity index is 2.24. The highest BCUT2D eigenvalue weighted by Crippen LogP contribution is 2.15. The van der Waals surface area contributed by atoms with Gasteiger partial charge in [-0.25, -0.2) is 0 Å². The molecule has 1 atom stereocenters. The summed E-state index contributed by atoms with van der Waals surface area (Å²) in [5.74, 6) is 1.97. The molecule has 1 aliphatic heterocycles. The van der Waals surface area contributed by atoms with E-state index < -0.39 is 0 Å². The third kappa shape index (κ3) is 3.14. The Morgan fingerprint density at radius 1 is 1.73 bits per heavy atom. The van der Waals surface area contributed by atoms with Crippen molar-refractivity contribution in [3.05, 3.63) is 0 Å². The molecule has 1 unspecified atom stereocenters. The summed E-state index contributed by atoms with van der Waals surface area (Å²) < 4.78 is 0. The summed E-state index contributed by atoms with van der Waals surface area (Å²) in [6.45, 7) is 6.47. The third-order valence-corrected chi connectivity index (χ3v) is 2.86. The summed E-state index contributed by atoms with van der Waals surface area (Å²) in [6, 6.07) is 0. The number of hydrogen-bond acceptors (Lipinski definition) is 3. The van der Waals surface area contributed by atoms with Crippen molar-refractivity contribution >= 4 is 16.9 Å². The van der Waals surface area contributed by atoms with Crippen LogP contribution in [-0.4, -0.2) is 24.0 Å². The second kappa shape index (κ2) is 4.65. The van der Waals surface area contributed by atoms with Crippen molar-refractivity contribution in [1.82, 2.24) is 5.32 Å². The van der Waals surface area contributed by atoms with Crippen molar-refractivity contribution in [2.24, 2.45) is 10.9 Å². The molecule has 3 heteroatoms. The predicted octanol–water partition coefficient (Wildman–Crippen LogP) is 1.72. The van der Waals surface area contributed by atoms with Gasteiger partial charge in [-0.05, 0) is 12.3 Å². The fraction of sp³-hybridized carbons (Fsp3) is 0.875. The number of rotatable bonds is 2. The van der Waals surface area contributed by atoms with Gasteiger partial charge < -0.3 is 5.32 Å². The van der Waals surface area contributed by atoms with Crippen molar-refractivity contribution in [3.63, 3.8) is 0 Å². The second-order valence-electron chi connectivity index (χ2n) is 2.99. The maximum Gasteiger partial charge on any atom is 0.156 e. The third-order valence-electron chi connectivity index (χ3n) is 1.58. The van der Waals surface area contributed by atoms with Gasteiger partial charge in [0.05, 0.1) is 0 Å². The molecule has 0 aromatic rings. The molecule has 0 aromatic carbocycles. The Labute approximate surface area is 72.9 Å². The van der Waals surface area contributed by atoms with Crippen LogP contribution >= 0.6 is 11.8 Å². The number of aliphatic imine (C=N–C) groups is 1. The van der Waals surface area contributed by atoms with Crippen molar-refractivity contribution in [3.8, 4) is 0 Å². The second-order valence-corrected chi connectivity index (χ2v) is 4.00. The smallest absolute Gasteiger partial charge is 0.156 e. The monoisotopic (exact) mass is 172 g/mol. The van der Waals surface area contributed by atoms with Gasteiger partial charge in [-0.1, -0.05) is 25.6 Å². The molecule has 64 valence electrons. The van der Waals surface area contributed by atoms with Gasteiger partial charge in [0.2, 0.25) is 0 Å². The number of nitrogens with one attached hydrogen (secondary N) is 1. The van der Waals surface area contributed by atoms with Crippen LogP contribution in [0.25, 0.3) is 0 Å². The summed E-state index contributed by atoms with van der Waals surface area (Å²) in [7, 11) is 0. The first-order valence-electron chi connectivity index (χ1n) is 4.24. The van der Waals surface area contributed by atoms with E-state index in [4.69, 9.17) is 0 Å². The topological polar surface area (TPSA) is 24.4 Å². The first-order valence-corrected chi connectivity index (χ1v) is 5.22. The average Bonchev–Trinajstić information content (AvgIpc) is 2.04. The van der Waals surface area contributed by atoms with E-state index in [1.807, 2.05) is 11.8 Å². The largest absolute Gasteiger partial charge is 0.365 e. The van der Waals surface area contributed by atoms with E-state index in [2.05, 4.69) is 24.2 Å². The van der Waals surface area contributed by atoms with E-state index in [1.165, 1.54) is 12.2 Å². The fourth-order valence-electron chi connectivity index (χ4n) is 0.897. The number of hydrogen-bond donors (Lipinski definition) is 1. The molecule has 1 heterocycles. The number of nitrogens with zero attached hydrogens (tertiary/aromatic N) is 1. The van der Waals surface area contributed by atoms with E-state index in [0.717, 1.165) is 24.2 Å². The molecule has 0 amide bonds. The SMILES string of the molecule is CCCNC1=NCC(C)CS1. The van der Waals surface area contributed by atoms with Crippen molar-refractivity contribution in [1.29, 1.82) is 0 Å². The summed E-state index contributed by atoms with van der Waals surface area (Å²) in [5, 5.41) is 4.45. The van der Waals surface area contributed by atoms with Crippen LogP contribution in [0.3, 0.4) is 0 Å².